The van der Waals surface area contributed by atoms with Crippen LogP contribution < -0.4 is 16.0 Å². The first-order chi connectivity index (χ1) is 11.1. The van der Waals surface area contributed by atoms with Crippen LogP contribution in [0.3, 0.4) is 0 Å². The lowest BCUT2D eigenvalue weighted by atomic mass is 10.1. The molecule has 0 saturated carbocycles. The number of amides is 2. The molecule has 1 aliphatic rings. The number of nitrogens with one attached hydrogen (secondary N) is 3. The van der Waals surface area contributed by atoms with Crippen molar-refractivity contribution in [2.75, 3.05) is 12.4 Å². The highest BCUT2D eigenvalue weighted by atomic mass is 35.5. The Kier molecular flexibility index (Phi) is 4.25. The molecule has 120 valence electrons. The maximum atomic E-state index is 12.2. The van der Waals surface area contributed by atoms with E-state index < -0.39 is 0 Å². The molecule has 23 heavy (non-hydrogen) atoms. The molecule has 0 saturated heterocycles. The predicted molar refractivity (Wildman–Crippen MR) is 86.5 cm³/mol. The first kappa shape index (κ1) is 15.4. The Bertz CT molecular complexity index is 757. The quantitative estimate of drug-likeness (QED) is 0.798. The molecule has 3 N–H and O–H groups in total. The lowest BCUT2D eigenvalue weighted by Gasteiger charge is -2.11. The van der Waals surface area contributed by atoms with Crippen molar-refractivity contribution >= 4 is 29.1 Å². The first-order valence-corrected chi connectivity index (χ1v) is 7.58. The summed E-state index contributed by atoms with van der Waals surface area (Å²) in [5.41, 5.74) is 1.95. The van der Waals surface area contributed by atoms with E-state index in [4.69, 9.17) is 16.0 Å². The van der Waals surface area contributed by atoms with Crippen LogP contribution in [0, 0.1) is 0 Å². The Hall–Kier alpha value is -2.47. The van der Waals surface area contributed by atoms with Gasteiger partial charge in [0.1, 0.15) is 11.8 Å². The summed E-state index contributed by atoms with van der Waals surface area (Å²) in [5.74, 6) is 0.316. The van der Waals surface area contributed by atoms with Crippen LogP contribution in [0.4, 0.5) is 5.69 Å². The van der Waals surface area contributed by atoms with Gasteiger partial charge in [0.2, 0.25) is 5.91 Å². The standard InChI is InChI=1S/C16H16ClN3O3/c1-18-16(22)14-5-3-11(23-14)8-19-15(21)13-7-9-6-10(17)2-4-12(9)20-13/h2-6,13,20H,7-8H2,1H3,(H,18,22)(H,19,21)/t13-/m1/s1. The fraction of sp³-hybridized carbons (Fsp3) is 0.250. The third-order valence-corrected chi connectivity index (χ3v) is 3.92. The van der Waals surface area contributed by atoms with E-state index in [0.29, 0.717) is 17.2 Å². The van der Waals surface area contributed by atoms with Crippen molar-refractivity contribution in [2.24, 2.45) is 0 Å². The zero-order chi connectivity index (χ0) is 16.4. The number of anilines is 1. The van der Waals surface area contributed by atoms with Crippen molar-refractivity contribution < 1.29 is 14.0 Å². The van der Waals surface area contributed by atoms with Gasteiger partial charge >= 0.3 is 0 Å². The van der Waals surface area contributed by atoms with Crippen LogP contribution in [0.15, 0.2) is 34.7 Å². The first-order valence-electron chi connectivity index (χ1n) is 7.20. The number of fused-ring (bicyclic) bond motifs is 1. The number of hydrogen-bond acceptors (Lipinski definition) is 4. The van der Waals surface area contributed by atoms with Crippen LogP contribution >= 0.6 is 11.6 Å². The Labute approximate surface area is 138 Å². The molecule has 2 heterocycles. The highest BCUT2D eigenvalue weighted by molar-refractivity contribution is 6.30. The van der Waals surface area contributed by atoms with Crippen LogP contribution in [-0.2, 0) is 17.8 Å². The van der Waals surface area contributed by atoms with Gasteiger partial charge in [0.05, 0.1) is 6.54 Å². The van der Waals surface area contributed by atoms with E-state index in [9.17, 15) is 9.59 Å². The van der Waals surface area contributed by atoms with Crippen molar-refractivity contribution in [3.05, 3.63) is 52.4 Å². The fourth-order valence-corrected chi connectivity index (χ4v) is 2.70. The molecule has 1 atom stereocenters. The Balaban J connectivity index is 1.56. The van der Waals surface area contributed by atoms with Gasteiger partial charge in [-0.1, -0.05) is 11.6 Å². The number of rotatable bonds is 4. The van der Waals surface area contributed by atoms with E-state index in [0.717, 1.165) is 11.3 Å². The third-order valence-electron chi connectivity index (χ3n) is 3.69. The number of carbonyl (C=O) groups is 2. The largest absolute Gasteiger partial charge is 0.454 e. The van der Waals surface area contributed by atoms with E-state index in [2.05, 4.69) is 16.0 Å². The molecule has 0 unspecified atom stereocenters. The molecule has 1 aromatic carbocycles. The molecule has 1 aliphatic heterocycles. The molecule has 1 aromatic heterocycles. The maximum Gasteiger partial charge on any atom is 0.286 e. The van der Waals surface area contributed by atoms with Crippen molar-refractivity contribution in [2.45, 2.75) is 19.0 Å². The van der Waals surface area contributed by atoms with Crippen molar-refractivity contribution in [3.63, 3.8) is 0 Å². The summed E-state index contributed by atoms with van der Waals surface area (Å²) in [5, 5.41) is 9.10. The molecule has 0 bridgehead atoms. The second-order valence-corrected chi connectivity index (χ2v) is 5.70. The molecule has 0 fully saturated rings. The topological polar surface area (TPSA) is 83.4 Å². The summed E-state index contributed by atoms with van der Waals surface area (Å²) in [4.78, 5) is 23.7. The number of halogens is 1. The summed E-state index contributed by atoms with van der Waals surface area (Å²) >= 11 is 5.96. The molecule has 3 rings (SSSR count). The van der Waals surface area contributed by atoms with Gasteiger partial charge in [-0.05, 0) is 35.9 Å². The summed E-state index contributed by atoms with van der Waals surface area (Å²) in [6, 6.07) is 8.42. The van der Waals surface area contributed by atoms with Gasteiger partial charge < -0.3 is 20.4 Å². The van der Waals surface area contributed by atoms with Gasteiger partial charge in [-0.15, -0.1) is 0 Å². The minimum absolute atomic E-state index is 0.129. The summed E-state index contributed by atoms with van der Waals surface area (Å²) < 4.78 is 5.36. The Morgan fingerprint density at radius 3 is 2.96 bits per heavy atom. The monoisotopic (exact) mass is 333 g/mol. The zero-order valence-electron chi connectivity index (χ0n) is 12.5. The Morgan fingerprint density at radius 1 is 1.35 bits per heavy atom. The van der Waals surface area contributed by atoms with E-state index in [1.54, 1.807) is 18.2 Å². The van der Waals surface area contributed by atoms with Gasteiger partial charge in [0, 0.05) is 24.2 Å². The highest BCUT2D eigenvalue weighted by Crippen LogP contribution is 2.28. The molecule has 6 nitrogen and oxygen atoms in total. The van der Waals surface area contributed by atoms with Gasteiger partial charge in [0.15, 0.2) is 5.76 Å². The number of hydrogen-bond donors (Lipinski definition) is 3. The third kappa shape index (κ3) is 3.32. The molecule has 7 heteroatoms. The van der Waals surface area contributed by atoms with Crippen molar-refractivity contribution in [1.82, 2.24) is 10.6 Å². The maximum absolute atomic E-state index is 12.2. The van der Waals surface area contributed by atoms with Gasteiger partial charge in [-0.2, -0.15) is 0 Å². The summed E-state index contributed by atoms with van der Waals surface area (Å²) in [7, 11) is 1.53. The second kappa shape index (κ2) is 6.34. The lowest BCUT2D eigenvalue weighted by molar-refractivity contribution is -0.121. The molecule has 0 spiro atoms. The minimum atomic E-state index is -0.336. The molecule has 0 aliphatic carbocycles. The van der Waals surface area contributed by atoms with E-state index >= 15 is 0 Å². The SMILES string of the molecule is CNC(=O)c1ccc(CNC(=O)[C@H]2Cc3cc(Cl)ccc3N2)o1. The van der Waals surface area contributed by atoms with E-state index in [1.165, 1.54) is 7.05 Å². The molecule has 0 radical (unpaired) electrons. The van der Waals surface area contributed by atoms with Gasteiger partial charge in [-0.3, -0.25) is 9.59 Å². The number of carbonyl (C=O) groups excluding carboxylic acids is 2. The smallest absolute Gasteiger partial charge is 0.286 e. The fourth-order valence-electron chi connectivity index (χ4n) is 2.50. The molecular weight excluding hydrogens is 318 g/mol. The van der Waals surface area contributed by atoms with Crippen LogP contribution in [-0.4, -0.2) is 24.9 Å². The lowest BCUT2D eigenvalue weighted by Crippen LogP contribution is -2.37. The molecular formula is C16H16ClN3O3. The van der Waals surface area contributed by atoms with Gasteiger partial charge in [0.25, 0.3) is 5.91 Å². The van der Waals surface area contributed by atoms with Crippen molar-refractivity contribution in [1.29, 1.82) is 0 Å². The Morgan fingerprint density at radius 2 is 2.17 bits per heavy atom. The molecule has 2 amide bonds. The predicted octanol–water partition coefficient (Wildman–Crippen LogP) is 1.95. The summed E-state index contributed by atoms with van der Waals surface area (Å²) in [6.07, 6.45) is 0.587. The van der Waals surface area contributed by atoms with E-state index in [-0.39, 0.29) is 30.2 Å². The van der Waals surface area contributed by atoms with Crippen LogP contribution in [0.5, 0.6) is 0 Å². The van der Waals surface area contributed by atoms with Crippen LogP contribution in [0.2, 0.25) is 5.02 Å². The highest BCUT2D eigenvalue weighted by Gasteiger charge is 2.26. The average molecular weight is 334 g/mol. The average Bonchev–Trinajstić information content (AvgIpc) is 3.18. The van der Waals surface area contributed by atoms with Crippen molar-refractivity contribution in [3.8, 4) is 0 Å². The van der Waals surface area contributed by atoms with Crippen LogP contribution in [0.1, 0.15) is 21.9 Å². The minimum Gasteiger partial charge on any atom is -0.454 e. The second-order valence-electron chi connectivity index (χ2n) is 5.27. The number of furan rings is 1. The summed E-state index contributed by atoms with van der Waals surface area (Å²) in [6.45, 7) is 0.227. The van der Waals surface area contributed by atoms with Gasteiger partial charge in [-0.25, -0.2) is 0 Å². The number of benzene rings is 1. The zero-order valence-corrected chi connectivity index (χ0v) is 13.2. The van der Waals surface area contributed by atoms with Crippen LogP contribution in [0.25, 0.3) is 0 Å². The molecule has 2 aromatic rings. The normalized spacial score (nSPS) is 15.7. The van der Waals surface area contributed by atoms with E-state index in [1.807, 2.05) is 12.1 Å².